The Morgan fingerprint density at radius 3 is 2.83 bits per heavy atom. The summed E-state index contributed by atoms with van der Waals surface area (Å²) >= 11 is 0. The molecule has 3 nitrogen and oxygen atoms in total. The molecule has 0 aliphatic carbocycles. The second-order valence-corrected chi connectivity index (χ2v) is 3.97. The Hall–Kier alpha value is -2.41. The van der Waals surface area contributed by atoms with Gasteiger partial charge in [0, 0.05) is 6.04 Å². The molecule has 0 spiro atoms. The first kappa shape index (κ1) is 12.1. The number of hydrogen-bond donors (Lipinski definition) is 1. The highest BCUT2D eigenvalue weighted by Crippen LogP contribution is 2.19. The van der Waals surface area contributed by atoms with Gasteiger partial charge in [0.15, 0.2) is 0 Å². The van der Waals surface area contributed by atoms with Gasteiger partial charge in [0.25, 0.3) is 0 Å². The van der Waals surface area contributed by atoms with Gasteiger partial charge in [0.1, 0.15) is 0 Å². The normalized spacial score (nSPS) is 11.6. The van der Waals surface area contributed by atoms with Crippen LogP contribution < -0.4 is 5.32 Å². The number of hydrogen-bond acceptors (Lipinski definition) is 3. The number of pyridine rings is 1. The minimum atomic E-state index is -0.500. The first-order valence-electron chi connectivity index (χ1n) is 5.57. The molecule has 2 aromatic rings. The number of nitriles is 1. The van der Waals surface area contributed by atoms with Crippen molar-refractivity contribution in [3.05, 3.63) is 59.7 Å². The minimum Gasteiger partial charge on any atom is -0.377 e. The van der Waals surface area contributed by atoms with E-state index in [0.29, 0.717) is 5.56 Å². The minimum absolute atomic E-state index is 0.0190. The van der Waals surface area contributed by atoms with Crippen molar-refractivity contribution < 1.29 is 4.39 Å². The molecule has 0 fully saturated rings. The van der Waals surface area contributed by atoms with Gasteiger partial charge in [-0.2, -0.15) is 9.65 Å². The van der Waals surface area contributed by atoms with Gasteiger partial charge in [-0.3, -0.25) is 0 Å². The maximum absolute atomic E-state index is 12.7. The van der Waals surface area contributed by atoms with Crippen LogP contribution in [0.1, 0.15) is 24.1 Å². The number of nitrogens with zero attached hydrogens (tertiary/aromatic N) is 2. The number of halogens is 1. The van der Waals surface area contributed by atoms with Gasteiger partial charge < -0.3 is 5.32 Å². The average molecular weight is 241 g/mol. The van der Waals surface area contributed by atoms with E-state index in [1.54, 1.807) is 12.1 Å². The highest BCUT2D eigenvalue weighted by Gasteiger charge is 2.06. The van der Waals surface area contributed by atoms with Crippen LogP contribution >= 0.6 is 0 Å². The van der Waals surface area contributed by atoms with Gasteiger partial charge in [-0.25, -0.2) is 4.98 Å². The number of nitrogens with one attached hydrogen (secondary N) is 1. The van der Waals surface area contributed by atoms with Crippen LogP contribution in [0, 0.1) is 17.3 Å². The van der Waals surface area contributed by atoms with E-state index >= 15 is 0 Å². The molecule has 1 unspecified atom stereocenters. The molecule has 2 rings (SSSR count). The summed E-state index contributed by atoms with van der Waals surface area (Å²) in [6.45, 7) is 1.97. The van der Waals surface area contributed by atoms with Gasteiger partial charge in [-0.1, -0.05) is 12.1 Å². The van der Waals surface area contributed by atoms with Crippen molar-refractivity contribution in [1.29, 1.82) is 5.26 Å². The summed E-state index contributed by atoms with van der Waals surface area (Å²) in [5, 5.41) is 12.0. The lowest BCUT2D eigenvalue weighted by Gasteiger charge is -2.15. The van der Waals surface area contributed by atoms with Crippen molar-refractivity contribution in [2.45, 2.75) is 13.0 Å². The molecule has 4 heteroatoms. The maximum Gasteiger partial charge on any atom is 0.212 e. The fraction of sp³-hybridized carbons (Fsp3) is 0.143. The van der Waals surface area contributed by atoms with Crippen LogP contribution in [0.4, 0.5) is 10.1 Å². The molecule has 1 atom stereocenters. The highest BCUT2D eigenvalue weighted by atomic mass is 19.1. The standard InChI is InChI=1S/C14H12FN3/c1-10(12-4-2-3-11(7-12)8-16)18-13-5-6-14(15)17-9-13/h2-7,9-10,18H,1H3. The average Bonchev–Trinajstić information content (AvgIpc) is 2.41. The van der Waals surface area contributed by atoms with Gasteiger partial charge >= 0.3 is 0 Å². The lowest BCUT2D eigenvalue weighted by atomic mass is 10.1. The van der Waals surface area contributed by atoms with E-state index in [4.69, 9.17) is 5.26 Å². The fourth-order valence-corrected chi connectivity index (χ4v) is 1.67. The lowest BCUT2D eigenvalue weighted by molar-refractivity contribution is 0.584. The van der Waals surface area contributed by atoms with Crippen molar-refractivity contribution in [3.8, 4) is 6.07 Å². The Labute approximate surface area is 105 Å². The van der Waals surface area contributed by atoms with Crippen LogP contribution in [0.3, 0.4) is 0 Å². The monoisotopic (exact) mass is 241 g/mol. The zero-order valence-electron chi connectivity index (χ0n) is 9.89. The summed E-state index contributed by atoms with van der Waals surface area (Å²) in [7, 11) is 0. The zero-order valence-corrected chi connectivity index (χ0v) is 9.89. The topological polar surface area (TPSA) is 48.7 Å². The summed E-state index contributed by atoms with van der Waals surface area (Å²) in [4.78, 5) is 3.58. The third kappa shape index (κ3) is 2.83. The Morgan fingerprint density at radius 1 is 1.33 bits per heavy atom. The van der Waals surface area contributed by atoms with E-state index in [0.717, 1.165) is 11.3 Å². The van der Waals surface area contributed by atoms with E-state index in [-0.39, 0.29) is 6.04 Å². The van der Waals surface area contributed by atoms with Crippen LogP contribution in [0.15, 0.2) is 42.6 Å². The van der Waals surface area contributed by atoms with E-state index in [2.05, 4.69) is 16.4 Å². The quantitative estimate of drug-likeness (QED) is 0.839. The maximum atomic E-state index is 12.7. The molecule has 0 aliphatic heterocycles. The first-order chi connectivity index (χ1) is 8.69. The number of anilines is 1. The number of rotatable bonds is 3. The van der Waals surface area contributed by atoms with Gasteiger partial charge in [0.05, 0.1) is 23.5 Å². The predicted octanol–water partition coefficient (Wildman–Crippen LogP) is 3.27. The van der Waals surface area contributed by atoms with Crippen molar-refractivity contribution in [1.82, 2.24) is 4.98 Å². The zero-order chi connectivity index (χ0) is 13.0. The summed E-state index contributed by atoms with van der Waals surface area (Å²) in [6.07, 6.45) is 1.44. The van der Waals surface area contributed by atoms with E-state index in [9.17, 15) is 4.39 Å². The molecule has 0 bridgehead atoms. The molecule has 0 aliphatic rings. The van der Waals surface area contributed by atoms with E-state index in [1.807, 2.05) is 25.1 Å². The van der Waals surface area contributed by atoms with Crippen molar-refractivity contribution in [2.24, 2.45) is 0 Å². The van der Waals surface area contributed by atoms with E-state index in [1.165, 1.54) is 12.3 Å². The van der Waals surface area contributed by atoms with Crippen molar-refractivity contribution in [3.63, 3.8) is 0 Å². The second-order valence-electron chi connectivity index (χ2n) is 3.97. The summed E-state index contributed by atoms with van der Waals surface area (Å²) in [5.74, 6) is -0.500. The largest absolute Gasteiger partial charge is 0.377 e. The van der Waals surface area contributed by atoms with Gasteiger partial charge in [-0.05, 0) is 36.8 Å². The molecule has 1 aromatic carbocycles. The first-order valence-corrected chi connectivity index (χ1v) is 5.57. The van der Waals surface area contributed by atoms with Crippen LogP contribution in [0.25, 0.3) is 0 Å². The van der Waals surface area contributed by atoms with Gasteiger partial charge in [-0.15, -0.1) is 0 Å². The van der Waals surface area contributed by atoms with Crippen LogP contribution in [-0.2, 0) is 0 Å². The molecule has 1 N–H and O–H groups in total. The smallest absolute Gasteiger partial charge is 0.212 e. The van der Waals surface area contributed by atoms with Crippen molar-refractivity contribution >= 4 is 5.69 Å². The van der Waals surface area contributed by atoms with Crippen LogP contribution in [0.2, 0.25) is 0 Å². The molecule has 0 saturated carbocycles. The highest BCUT2D eigenvalue weighted by molar-refractivity contribution is 5.44. The third-order valence-electron chi connectivity index (χ3n) is 2.63. The fourth-order valence-electron chi connectivity index (χ4n) is 1.67. The molecule has 90 valence electrons. The molecule has 18 heavy (non-hydrogen) atoms. The molecule has 0 amide bonds. The Kier molecular flexibility index (Phi) is 3.54. The molecule has 1 aromatic heterocycles. The number of aromatic nitrogens is 1. The molecule has 0 radical (unpaired) electrons. The van der Waals surface area contributed by atoms with Gasteiger partial charge in [0.2, 0.25) is 5.95 Å². The lowest BCUT2D eigenvalue weighted by Crippen LogP contribution is -2.07. The third-order valence-corrected chi connectivity index (χ3v) is 2.63. The summed E-state index contributed by atoms with van der Waals surface area (Å²) in [5.41, 5.74) is 2.36. The molecular formula is C14H12FN3. The summed E-state index contributed by atoms with van der Waals surface area (Å²) in [6, 6.07) is 12.4. The molecule has 0 saturated heterocycles. The Balaban J connectivity index is 2.14. The summed E-state index contributed by atoms with van der Waals surface area (Å²) < 4.78 is 12.7. The number of benzene rings is 1. The van der Waals surface area contributed by atoms with E-state index < -0.39 is 5.95 Å². The Morgan fingerprint density at radius 2 is 2.17 bits per heavy atom. The molecular weight excluding hydrogens is 229 g/mol. The molecule has 1 heterocycles. The van der Waals surface area contributed by atoms with Crippen LogP contribution in [-0.4, -0.2) is 4.98 Å². The second kappa shape index (κ2) is 5.28. The van der Waals surface area contributed by atoms with Crippen LogP contribution in [0.5, 0.6) is 0 Å². The predicted molar refractivity (Wildman–Crippen MR) is 67.4 cm³/mol. The Bertz CT molecular complexity index is 572. The SMILES string of the molecule is CC(Nc1ccc(F)nc1)c1cccc(C#N)c1. The van der Waals surface area contributed by atoms with Crippen molar-refractivity contribution in [2.75, 3.05) is 5.32 Å².